The molecule has 0 unspecified atom stereocenters. The molecule has 0 aromatic heterocycles. The van der Waals surface area contributed by atoms with Gasteiger partial charge in [-0.25, -0.2) is 9.79 Å². The van der Waals surface area contributed by atoms with Crippen LogP contribution >= 0.6 is 0 Å². The van der Waals surface area contributed by atoms with E-state index in [2.05, 4.69) is 11.9 Å². The van der Waals surface area contributed by atoms with Gasteiger partial charge in [-0.2, -0.15) is 0 Å². The number of hydrogen-bond donors (Lipinski definition) is 0. The summed E-state index contributed by atoms with van der Waals surface area (Å²) >= 11 is 0. The van der Waals surface area contributed by atoms with E-state index < -0.39 is 5.97 Å². The molecule has 4 heteroatoms. The fourth-order valence-corrected chi connectivity index (χ4v) is 1.87. The Hall–Kier alpha value is -2.10. The van der Waals surface area contributed by atoms with E-state index >= 15 is 0 Å². The van der Waals surface area contributed by atoms with E-state index in [0.29, 0.717) is 18.0 Å². The van der Waals surface area contributed by atoms with Crippen molar-refractivity contribution in [3.05, 3.63) is 35.0 Å². The van der Waals surface area contributed by atoms with E-state index in [1.54, 1.807) is 13.2 Å². The molecular formula is C15H17NO3. The molecule has 0 N–H and O–H groups in total. The monoisotopic (exact) mass is 259 g/mol. The first kappa shape index (κ1) is 13.3. The van der Waals surface area contributed by atoms with Gasteiger partial charge in [-0.05, 0) is 30.2 Å². The third kappa shape index (κ3) is 2.84. The van der Waals surface area contributed by atoms with Gasteiger partial charge in [0, 0.05) is 12.0 Å². The lowest BCUT2D eigenvalue weighted by atomic mass is 10.1. The smallest absolute Gasteiger partial charge is 0.363 e. The van der Waals surface area contributed by atoms with Crippen LogP contribution in [0, 0.1) is 0 Å². The Kier molecular flexibility index (Phi) is 4.00. The molecule has 0 spiro atoms. The Bertz CT molecular complexity index is 559. The average molecular weight is 259 g/mol. The van der Waals surface area contributed by atoms with Gasteiger partial charge in [-0.15, -0.1) is 0 Å². The molecule has 0 amide bonds. The zero-order valence-corrected chi connectivity index (χ0v) is 11.4. The van der Waals surface area contributed by atoms with E-state index in [9.17, 15) is 4.79 Å². The molecule has 1 aliphatic heterocycles. The fraction of sp³-hybridized carbons (Fsp3) is 0.333. The van der Waals surface area contributed by atoms with Crippen molar-refractivity contribution in [2.45, 2.75) is 26.7 Å². The molecule has 0 saturated heterocycles. The van der Waals surface area contributed by atoms with Crippen molar-refractivity contribution in [1.82, 2.24) is 0 Å². The average Bonchev–Trinajstić information content (AvgIpc) is 2.79. The summed E-state index contributed by atoms with van der Waals surface area (Å²) in [4.78, 5) is 15.8. The number of esters is 1. The second-order valence-electron chi connectivity index (χ2n) is 4.21. The Morgan fingerprint density at radius 2 is 2.11 bits per heavy atom. The van der Waals surface area contributed by atoms with Crippen molar-refractivity contribution in [2.24, 2.45) is 4.99 Å². The molecule has 1 aromatic carbocycles. The number of carbonyl (C=O) groups excluding carboxylic acids is 1. The summed E-state index contributed by atoms with van der Waals surface area (Å²) in [6, 6.07) is 5.91. The molecule has 100 valence electrons. The Labute approximate surface area is 112 Å². The topological polar surface area (TPSA) is 47.9 Å². The SMILES string of the molecule is CCC1=N/C(=C/c2cc(CC)ccc2OC)C(=O)O1. The minimum Gasteiger partial charge on any atom is -0.496 e. The molecule has 0 atom stereocenters. The summed E-state index contributed by atoms with van der Waals surface area (Å²) in [5.74, 6) is 0.778. The highest BCUT2D eigenvalue weighted by atomic mass is 16.6. The number of aliphatic imine (C=N–C) groups is 1. The maximum atomic E-state index is 11.7. The van der Waals surface area contributed by atoms with Gasteiger partial charge in [0.15, 0.2) is 11.6 Å². The molecular weight excluding hydrogens is 242 g/mol. The Morgan fingerprint density at radius 1 is 1.32 bits per heavy atom. The molecule has 4 nitrogen and oxygen atoms in total. The van der Waals surface area contributed by atoms with Crippen LogP contribution in [0.5, 0.6) is 5.75 Å². The largest absolute Gasteiger partial charge is 0.496 e. The van der Waals surface area contributed by atoms with Crippen molar-refractivity contribution >= 4 is 17.9 Å². The lowest BCUT2D eigenvalue weighted by molar-refractivity contribution is -0.130. The predicted molar refractivity (Wildman–Crippen MR) is 74.2 cm³/mol. The first-order valence-electron chi connectivity index (χ1n) is 6.36. The van der Waals surface area contributed by atoms with Gasteiger partial charge in [-0.1, -0.05) is 19.9 Å². The van der Waals surface area contributed by atoms with Gasteiger partial charge < -0.3 is 9.47 Å². The number of benzene rings is 1. The van der Waals surface area contributed by atoms with Crippen molar-refractivity contribution in [3.8, 4) is 5.75 Å². The molecule has 19 heavy (non-hydrogen) atoms. The van der Waals surface area contributed by atoms with Crippen LogP contribution in [0.15, 0.2) is 28.9 Å². The lowest BCUT2D eigenvalue weighted by Gasteiger charge is -2.06. The zero-order chi connectivity index (χ0) is 13.8. The second-order valence-corrected chi connectivity index (χ2v) is 4.21. The van der Waals surface area contributed by atoms with Crippen LogP contribution in [-0.4, -0.2) is 19.0 Å². The number of cyclic esters (lactones) is 1. The van der Waals surface area contributed by atoms with Crippen molar-refractivity contribution in [3.63, 3.8) is 0 Å². The number of carbonyl (C=O) groups is 1. The molecule has 0 fully saturated rings. The van der Waals surface area contributed by atoms with Gasteiger partial charge in [0.2, 0.25) is 0 Å². The van der Waals surface area contributed by atoms with E-state index in [4.69, 9.17) is 9.47 Å². The van der Waals surface area contributed by atoms with Gasteiger partial charge in [0.05, 0.1) is 7.11 Å². The van der Waals surface area contributed by atoms with E-state index in [0.717, 1.165) is 17.7 Å². The number of methoxy groups -OCH3 is 1. The van der Waals surface area contributed by atoms with Crippen LogP contribution in [0.2, 0.25) is 0 Å². The van der Waals surface area contributed by atoms with Crippen LogP contribution in [0.4, 0.5) is 0 Å². The molecule has 0 saturated carbocycles. The maximum Gasteiger partial charge on any atom is 0.363 e. The molecule has 1 aromatic rings. The minimum absolute atomic E-state index is 0.323. The summed E-state index contributed by atoms with van der Waals surface area (Å²) in [7, 11) is 1.61. The number of aryl methyl sites for hydroxylation is 1. The third-order valence-electron chi connectivity index (χ3n) is 2.96. The molecule has 0 aliphatic carbocycles. The highest BCUT2D eigenvalue weighted by molar-refractivity contribution is 6.07. The highest BCUT2D eigenvalue weighted by Gasteiger charge is 2.21. The van der Waals surface area contributed by atoms with Gasteiger partial charge >= 0.3 is 5.97 Å². The summed E-state index contributed by atoms with van der Waals surface area (Å²) in [5, 5.41) is 0. The molecule has 0 radical (unpaired) electrons. The number of hydrogen-bond acceptors (Lipinski definition) is 4. The van der Waals surface area contributed by atoms with Crippen LogP contribution < -0.4 is 4.74 Å². The standard InChI is InChI=1S/C15H17NO3/c1-4-10-6-7-13(18-3)11(8-10)9-12-15(17)19-14(5-2)16-12/h6-9H,4-5H2,1-3H3/b12-9+. The number of ether oxygens (including phenoxy) is 2. The minimum atomic E-state index is -0.402. The number of nitrogens with zero attached hydrogens (tertiary/aromatic N) is 1. The van der Waals surface area contributed by atoms with Crippen LogP contribution in [0.1, 0.15) is 31.4 Å². The van der Waals surface area contributed by atoms with Crippen molar-refractivity contribution in [1.29, 1.82) is 0 Å². The summed E-state index contributed by atoms with van der Waals surface area (Å²) in [6.07, 6.45) is 3.24. The Morgan fingerprint density at radius 3 is 2.68 bits per heavy atom. The van der Waals surface area contributed by atoms with Gasteiger partial charge in [-0.3, -0.25) is 0 Å². The summed E-state index contributed by atoms with van der Waals surface area (Å²) < 4.78 is 10.3. The quantitative estimate of drug-likeness (QED) is 0.617. The van der Waals surface area contributed by atoms with Gasteiger partial charge in [0.25, 0.3) is 0 Å². The predicted octanol–water partition coefficient (Wildman–Crippen LogP) is 2.96. The van der Waals surface area contributed by atoms with E-state index in [-0.39, 0.29) is 0 Å². The molecule has 0 bridgehead atoms. The maximum absolute atomic E-state index is 11.7. The highest BCUT2D eigenvalue weighted by Crippen LogP contribution is 2.25. The third-order valence-corrected chi connectivity index (χ3v) is 2.96. The summed E-state index contributed by atoms with van der Waals surface area (Å²) in [5.41, 5.74) is 2.34. The van der Waals surface area contributed by atoms with Gasteiger partial charge in [0.1, 0.15) is 5.75 Å². The van der Waals surface area contributed by atoms with Crippen LogP contribution in [0.3, 0.4) is 0 Å². The fourth-order valence-electron chi connectivity index (χ4n) is 1.87. The van der Waals surface area contributed by atoms with E-state index in [1.165, 1.54) is 5.56 Å². The molecule has 1 heterocycles. The molecule has 1 aliphatic rings. The lowest BCUT2D eigenvalue weighted by Crippen LogP contribution is -2.02. The molecule has 2 rings (SSSR count). The van der Waals surface area contributed by atoms with Crippen molar-refractivity contribution in [2.75, 3.05) is 7.11 Å². The zero-order valence-electron chi connectivity index (χ0n) is 11.4. The summed E-state index contributed by atoms with van der Waals surface area (Å²) in [6.45, 7) is 3.98. The first-order chi connectivity index (χ1) is 9.17. The second kappa shape index (κ2) is 5.69. The normalized spacial score (nSPS) is 16.5. The van der Waals surface area contributed by atoms with Crippen LogP contribution in [-0.2, 0) is 16.0 Å². The van der Waals surface area contributed by atoms with E-state index in [1.807, 2.05) is 25.1 Å². The Balaban J connectivity index is 2.41. The van der Waals surface area contributed by atoms with Crippen LogP contribution in [0.25, 0.3) is 6.08 Å². The first-order valence-corrected chi connectivity index (χ1v) is 6.36. The number of rotatable bonds is 4. The van der Waals surface area contributed by atoms with Crippen molar-refractivity contribution < 1.29 is 14.3 Å².